The third-order valence-corrected chi connectivity index (χ3v) is 11.3. The topological polar surface area (TPSA) is 34.1 Å². The molecule has 0 heterocycles. The van der Waals surface area contributed by atoms with Crippen LogP contribution in [0.1, 0.15) is 107 Å². The first kappa shape index (κ1) is 25.2. The molecule has 9 atom stereocenters. The lowest BCUT2D eigenvalue weighted by Crippen LogP contribution is -2.45. The van der Waals surface area contributed by atoms with Gasteiger partial charge in [-0.1, -0.05) is 73.5 Å². The largest absolute Gasteiger partial charge is 0.300 e. The molecule has 1 spiro atoms. The Morgan fingerprint density at radius 1 is 1.03 bits per heavy atom. The summed E-state index contributed by atoms with van der Waals surface area (Å²) in [6.07, 6.45) is 10.2. The molecular weight excluding hydrogens is 404 g/mol. The molecule has 3 saturated carbocycles. The van der Waals surface area contributed by atoms with Gasteiger partial charge in [-0.3, -0.25) is 4.79 Å². The zero-order valence-electron chi connectivity index (χ0n) is 23.0. The second-order valence-electron chi connectivity index (χ2n) is 14.3. The Morgan fingerprint density at radius 3 is 2.30 bits per heavy atom. The van der Waals surface area contributed by atoms with Gasteiger partial charge in [0.25, 0.3) is 0 Å². The van der Waals surface area contributed by atoms with E-state index >= 15 is 0 Å². The van der Waals surface area contributed by atoms with Crippen LogP contribution >= 0.6 is 0 Å². The molecule has 6 unspecified atom stereocenters. The SMILES string of the molecule is CC(=O)CC(C)[C@H]1C(C)(C)C(CCC(C)CC(=O)C2C(C)CCC(C)C2(C)C)C[C@@H]2C3=C[C@]321. The summed E-state index contributed by atoms with van der Waals surface area (Å²) >= 11 is 0. The molecule has 0 aromatic heterocycles. The molecule has 2 nitrogen and oxygen atoms in total. The van der Waals surface area contributed by atoms with Crippen molar-refractivity contribution >= 4 is 11.6 Å². The number of hydrogen-bond acceptors (Lipinski definition) is 2. The predicted octanol–water partition coefficient (Wildman–Crippen LogP) is 7.90. The molecule has 3 fully saturated rings. The molecule has 0 aromatic carbocycles. The zero-order valence-corrected chi connectivity index (χ0v) is 23.0. The van der Waals surface area contributed by atoms with E-state index < -0.39 is 0 Å². The number of Topliss-reactive ketones (excluding diaryl/α,β-unsaturated/α-hetero) is 2. The van der Waals surface area contributed by atoms with Crippen LogP contribution in [0.3, 0.4) is 0 Å². The van der Waals surface area contributed by atoms with E-state index in [0.717, 1.165) is 25.2 Å². The van der Waals surface area contributed by atoms with Gasteiger partial charge in [-0.15, -0.1) is 0 Å². The van der Waals surface area contributed by atoms with Crippen LogP contribution in [0.5, 0.6) is 0 Å². The van der Waals surface area contributed by atoms with Crippen LogP contribution < -0.4 is 0 Å². The molecule has 2 heteroatoms. The van der Waals surface area contributed by atoms with E-state index in [1.54, 1.807) is 12.5 Å². The van der Waals surface area contributed by atoms with Crippen LogP contribution in [-0.4, -0.2) is 11.6 Å². The van der Waals surface area contributed by atoms with Crippen molar-refractivity contribution in [3.05, 3.63) is 11.6 Å². The van der Waals surface area contributed by atoms with Gasteiger partial charge < -0.3 is 4.79 Å². The summed E-state index contributed by atoms with van der Waals surface area (Å²) in [5.74, 6) is 5.24. The molecule has 186 valence electrons. The molecular formula is C31H50O2. The minimum absolute atomic E-state index is 0.120. The van der Waals surface area contributed by atoms with E-state index in [1.165, 1.54) is 25.7 Å². The first-order chi connectivity index (χ1) is 15.2. The van der Waals surface area contributed by atoms with Gasteiger partial charge in [-0.05, 0) is 84.9 Å². The highest BCUT2D eigenvalue weighted by Crippen LogP contribution is 2.85. The van der Waals surface area contributed by atoms with Crippen molar-refractivity contribution < 1.29 is 9.59 Å². The molecule has 0 N–H and O–H groups in total. The Bertz CT molecular complexity index is 832. The van der Waals surface area contributed by atoms with Gasteiger partial charge in [0, 0.05) is 24.2 Å². The molecule has 4 aliphatic rings. The molecule has 33 heavy (non-hydrogen) atoms. The summed E-state index contributed by atoms with van der Waals surface area (Å²) in [6.45, 7) is 20.7. The van der Waals surface area contributed by atoms with Crippen LogP contribution in [-0.2, 0) is 9.59 Å². The number of ketones is 2. The van der Waals surface area contributed by atoms with E-state index in [-0.39, 0.29) is 16.7 Å². The molecule has 0 radical (unpaired) electrons. The zero-order chi connectivity index (χ0) is 24.5. The van der Waals surface area contributed by atoms with E-state index in [4.69, 9.17) is 0 Å². The van der Waals surface area contributed by atoms with Crippen molar-refractivity contribution in [1.82, 2.24) is 0 Å². The summed E-state index contributed by atoms with van der Waals surface area (Å²) < 4.78 is 0. The number of hydrogen-bond donors (Lipinski definition) is 0. The van der Waals surface area contributed by atoms with Crippen molar-refractivity contribution in [1.29, 1.82) is 0 Å². The fourth-order valence-electron chi connectivity index (χ4n) is 9.20. The second-order valence-corrected chi connectivity index (χ2v) is 14.3. The second kappa shape index (κ2) is 8.34. The average Bonchev–Trinajstić information content (AvgIpc) is 3.53. The molecule has 4 rings (SSSR count). The first-order valence-electron chi connectivity index (χ1n) is 14.0. The number of carbonyl (C=O) groups is 2. The van der Waals surface area contributed by atoms with Crippen LogP contribution in [0.4, 0.5) is 0 Å². The Morgan fingerprint density at radius 2 is 1.70 bits per heavy atom. The van der Waals surface area contributed by atoms with Gasteiger partial charge in [0.1, 0.15) is 11.6 Å². The minimum Gasteiger partial charge on any atom is -0.300 e. The predicted molar refractivity (Wildman–Crippen MR) is 137 cm³/mol. The van der Waals surface area contributed by atoms with Gasteiger partial charge in [0.15, 0.2) is 0 Å². The van der Waals surface area contributed by atoms with Crippen LogP contribution in [0.2, 0.25) is 0 Å². The maximum Gasteiger partial charge on any atom is 0.137 e. The van der Waals surface area contributed by atoms with Gasteiger partial charge in [-0.2, -0.15) is 0 Å². The molecule has 0 amide bonds. The summed E-state index contributed by atoms with van der Waals surface area (Å²) in [7, 11) is 0. The van der Waals surface area contributed by atoms with E-state index in [2.05, 4.69) is 61.5 Å². The number of fused-ring (bicyclic) bond motifs is 1. The van der Waals surface area contributed by atoms with E-state index in [9.17, 15) is 9.59 Å². The lowest BCUT2D eigenvalue weighted by atomic mass is 9.54. The highest BCUT2D eigenvalue weighted by molar-refractivity contribution is 5.82. The van der Waals surface area contributed by atoms with Crippen molar-refractivity contribution in [3.8, 4) is 0 Å². The van der Waals surface area contributed by atoms with E-state index in [1.807, 2.05) is 0 Å². The molecule has 0 saturated heterocycles. The quantitative estimate of drug-likeness (QED) is 0.332. The van der Waals surface area contributed by atoms with E-state index in [0.29, 0.717) is 52.5 Å². The fourth-order valence-corrected chi connectivity index (χ4v) is 9.20. The van der Waals surface area contributed by atoms with Crippen molar-refractivity contribution in [3.63, 3.8) is 0 Å². The highest BCUT2D eigenvalue weighted by Gasteiger charge is 2.78. The van der Waals surface area contributed by atoms with Crippen LogP contribution in [0.15, 0.2) is 11.6 Å². The maximum atomic E-state index is 13.5. The Balaban J connectivity index is 1.37. The average molecular weight is 455 g/mol. The monoisotopic (exact) mass is 454 g/mol. The van der Waals surface area contributed by atoms with Crippen molar-refractivity contribution in [2.24, 2.45) is 63.6 Å². The van der Waals surface area contributed by atoms with Gasteiger partial charge in [0.05, 0.1) is 0 Å². The lowest BCUT2D eigenvalue weighted by molar-refractivity contribution is -0.134. The van der Waals surface area contributed by atoms with Crippen molar-refractivity contribution in [2.75, 3.05) is 0 Å². The Hall–Kier alpha value is -0.920. The lowest BCUT2D eigenvalue weighted by Gasteiger charge is -2.50. The summed E-state index contributed by atoms with van der Waals surface area (Å²) in [6, 6.07) is 0. The third kappa shape index (κ3) is 4.10. The third-order valence-electron chi connectivity index (χ3n) is 11.3. The number of allylic oxidation sites excluding steroid dienone is 2. The molecule has 0 aliphatic heterocycles. The molecule has 0 bridgehead atoms. The number of rotatable bonds is 9. The standard InChI is InChI=1S/C31H50O2/c1-18(14-26(33)27-19(2)11-12-21(4)29(27,6)7)10-13-23-16-24-25-17-31(24,25)28(30(23,8)9)20(3)15-22(5)32/h17-21,23-24,27-28H,10-16H2,1-9H3/t18?,19?,20?,21?,23?,24-,27?,28+,31-/m1/s1. The fraction of sp³-hybridized carbons (Fsp3) is 0.871. The smallest absolute Gasteiger partial charge is 0.137 e. The van der Waals surface area contributed by atoms with Gasteiger partial charge in [-0.25, -0.2) is 0 Å². The summed E-state index contributed by atoms with van der Waals surface area (Å²) in [5, 5.41) is 0. The number of carbonyl (C=O) groups excluding carboxylic acids is 2. The Labute approximate surface area is 203 Å². The van der Waals surface area contributed by atoms with Crippen LogP contribution in [0, 0.1) is 63.6 Å². The summed E-state index contributed by atoms with van der Waals surface area (Å²) in [4.78, 5) is 25.4. The molecule has 0 aromatic rings. The maximum absolute atomic E-state index is 13.5. The van der Waals surface area contributed by atoms with Crippen LogP contribution in [0.25, 0.3) is 0 Å². The van der Waals surface area contributed by atoms with Gasteiger partial charge >= 0.3 is 0 Å². The van der Waals surface area contributed by atoms with Gasteiger partial charge in [0.2, 0.25) is 0 Å². The normalized spacial score (nSPS) is 41.8. The van der Waals surface area contributed by atoms with Crippen molar-refractivity contribution in [2.45, 2.75) is 107 Å². The molecule has 4 aliphatic carbocycles. The highest BCUT2D eigenvalue weighted by atomic mass is 16.1. The Kier molecular flexibility index (Phi) is 6.36. The first-order valence-corrected chi connectivity index (χ1v) is 14.0. The summed E-state index contributed by atoms with van der Waals surface area (Å²) in [5.41, 5.74) is 2.48. The minimum atomic E-state index is 0.120.